The van der Waals surface area contributed by atoms with E-state index in [1.165, 1.54) is 28.3 Å². The maximum atomic E-state index is 13.8. The number of benzene rings is 1. The Balaban J connectivity index is 1.70. The summed E-state index contributed by atoms with van der Waals surface area (Å²) < 4.78 is 15.5. The lowest BCUT2D eigenvalue weighted by atomic mass is 10.1. The Morgan fingerprint density at radius 2 is 2.19 bits per heavy atom. The maximum Gasteiger partial charge on any atom is 0.262 e. The lowest BCUT2D eigenvalue weighted by Gasteiger charge is -2.22. The first-order valence-electron chi connectivity index (χ1n) is 8.79. The topological polar surface area (TPSA) is 39.3 Å². The van der Waals surface area contributed by atoms with Crippen molar-refractivity contribution in [1.82, 2.24) is 9.55 Å². The highest BCUT2D eigenvalue weighted by Crippen LogP contribution is 2.31. The van der Waals surface area contributed by atoms with Crippen LogP contribution in [-0.4, -0.2) is 22.6 Å². The van der Waals surface area contributed by atoms with Crippen molar-refractivity contribution >= 4 is 33.3 Å². The van der Waals surface area contributed by atoms with Crippen LogP contribution in [0.4, 0.5) is 4.39 Å². The van der Waals surface area contributed by atoms with E-state index in [1.54, 1.807) is 40.0 Å². The van der Waals surface area contributed by atoms with E-state index in [9.17, 15) is 9.18 Å². The van der Waals surface area contributed by atoms with Crippen molar-refractivity contribution in [2.45, 2.75) is 30.8 Å². The fourth-order valence-corrected chi connectivity index (χ4v) is 5.72. The first-order chi connectivity index (χ1) is 12.6. The van der Waals surface area contributed by atoms with Gasteiger partial charge in [0, 0.05) is 19.2 Å². The smallest absolute Gasteiger partial charge is 0.262 e. The summed E-state index contributed by atoms with van der Waals surface area (Å²) in [5.41, 5.74) is 1.84. The SMILES string of the molecule is CC[NH+]1CCc2c(sc3nc(SCc4ccccc4F)n(C)c(=O)c23)C1. The van der Waals surface area contributed by atoms with Crippen molar-refractivity contribution in [3.8, 4) is 0 Å². The van der Waals surface area contributed by atoms with E-state index < -0.39 is 0 Å². The molecule has 2 aromatic heterocycles. The Labute approximate surface area is 159 Å². The van der Waals surface area contributed by atoms with Crippen LogP contribution in [-0.2, 0) is 25.8 Å². The summed E-state index contributed by atoms with van der Waals surface area (Å²) >= 11 is 3.06. The van der Waals surface area contributed by atoms with Gasteiger partial charge in [0.25, 0.3) is 5.56 Å². The molecule has 7 heteroatoms. The second kappa shape index (κ2) is 7.13. The second-order valence-electron chi connectivity index (χ2n) is 6.60. The number of halogens is 1. The van der Waals surface area contributed by atoms with Crippen LogP contribution in [0.25, 0.3) is 10.2 Å². The van der Waals surface area contributed by atoms with Gasteiger partial charge in [-0.25, -0.2) is 9.37 Å². The van der Waals surface area contributed by atoms with Gasteiger partial charge in [0.1, 0.15) is 17.2 Å². The fourth-order valence-electron chi connectivity index (χ4n) is 3.43. The number of hydrogen-bond donors (Lipinski definition) is 1. The second-order valence-corrected chi connectivity index (χ2v) is 8.63. The third kappa shape index (κ3) is 3.08. The van der Waals surface area contributed by atoms with Crippen molar-refractivity contribution < 1.29 is 9.29 Å². The molecule has 0 saturated carbocycles. The van der Waals surface area contributed by atoms with Gasteiger partial charge in [-0.1, -0.05) is 30.0 Å². The van der Waals surface area contributed by atoms with Crippen LogP contribution >= 0.6 is 23.1 Å². The first-order valence-corrected chi connectivity index (χ1v) is 10.6. The van der Waals surface area contributed by atoms with Crippen LogP contribution in [0, 0.1) is 5.82 Å². The van der Waals surface area contributed by atoms with Crippen molar-refractivity contribution in [3.05, 3.63) is 56.4 Å². The van der Waals surface area contributed by atoms with Gasteiger partial charge in [-0.05, 0) is 24.1 Å². The Morgan fingerprint density at radius 3 is 2.96 bits per heavy atom. The molecule has 1 unspecified atom stereocenters. The number of nitrogens with zero attached hydrogens (tertiary/aromatic N) is 2. The van der Waals surface area contributed by atoms with Gasteiger partial charge in [-0.3, -0.25) is 9.36 Å². The lowest BCUT2D eigenvalue weighted by molar-refractivity contribution is -0.913. The minimum atomic E-state index is -0.222. The van der Waals surface area contributed by atoms with Crippen LogP contribution in [0.5, 0.6) is 0 Å². The van der Waals surface area contributed by atoms with E-state index in [0.717, 1.165) is 36.3 Å². The summed E-state index contributed by atoms with van der Waals surface area (Å²) in [5.74, 6) is 0.234. The highest BCUT2D eigenvalue weighted by molar-refractivity contribution is 7.98. The number of nitrogens with one attached hydrogen (secondary N) is 1. The molecule has 0 radical (unpaired) electrons. The lowest BCUT2D eigenvalue weighted by Crippen LogP contribution is -3.11. The molecule has 1 aliphatic rings. The molecular formula is C19H21FN3OS2+. The van der Waals surface area contributed by atoms with E-state index >= 15 is 0 Å². The normalized spacial score (nSPS) is 16.8. The van der Waals surface area contributed by atoms with Crippen LogP contribution in [0.15, 0.2) is 34.2 Å². The van der Waals surface area contributed by atoms with E-state index in [-0.39, 0.29) is 11.4 Å². The third-order valence-corrected chi connectivity index (χ3v) is 7.23. The van der Waals surface area contributed by atoms with Crippen molar-refractivity contribution in [2.24, 2.45) is 7.05 Å². The predicted molar refractivity (Wildman–Crippen MR) is 105 cm³/mol. The van der Waals surface area contributed by atoms with Gasteiger partial charge in [0.2, 0.25) is 0 Å². The molecule has 0 fully saturated rings. The zero-order valence-electron chi connectivity index (χ0n) is 14.8. The summed E-state index contributed by atoms with van der Waals surface area (Å²) in [5, 5.41) is 1.43. The number of hydrogen-bond acceptors (Lipinski definition) is 4. The predicted octanol–water partition coefficient (Wildman–Crippen LogP) is 2.39. The molecule has 0 bridgehead atoms. The van der Waals surface area contributed by atoms with Crippen molar-refractivity contribution in [3.63, 3.8) is 0 Å². The molecule has 1 aliphatic heterocycles. The summed E-state index contributed by atoms with van der Waals surface area (Å²) in [6.07, 6.45) is 0.942. The Kier molecular flexibility index (Phi) is 4.86. The van der Waals surface area contributed by atoms with Crippen molar-refractivity contribution in [1.29, 1.82) is 0 Å². The van der Waals surface area contributed by atoms with Crippen LogP contribution in [0.3, 0.4) is 0 Å². The summed E-state index contributed by atoms with van der Waals surface area (Å²) in [7, 11) is 1.76. The molecule has 3 aromatic rings. The minimum absolute atomic E-state index is 0.0171. The van der Waals surface area contributed by atoms with Crippen LogP contribution in [0.1, 0.15) is 22.9 Å². The molecule has 26 heavy (non-hydrogen) atoms. The molecule has 4 rings (SSSR count). The van der Waals surface area contributed by atoms with Gasteiger partial charge in [-0.2, -0.15) is 0 Å². The van der Waals surface area contributed by atoms with Crippen LogP contribution in [0.2, 0.25) is 0 Å². The van der Waals surface area contributed by atoms with Gasteiger partial charge in [0.05, 0.1) is 23.4 Å². The summed E-state index contributed by atoms with van der Waals surface area (Å²) in [6, 6.07) is 6.73. The molecule has 0 saturated heterocycles. The van der Waals surface area contributed by atoms with Gasteiger partial charge in [-0.15, -0.1) is 11.3 Å². The number of thioether (sulfide) groups is 1. The Morgan fingerprint density at radius 1 is 1.38 bits per heavy atom. The number of aromatic nitrogens is 2. The number of quaternary nitrogens is 1. The van der Waals surface area contributed by atoms with E-state index in [1.807, 2.05) is 6.07 Å². The largest absolute Gasteiger partial charge is 0.330 e. The zero-order chi connectivity index (χ0) is 18.3. The van der Waals surface area contributed by atoms with E-state index in [2.05, 4.69) is 6.92 Å². The number of fused-ring (bicyclic) bond motifs is 3. The van der Waals surface area contributed by atoms with Gasteiger partial charge in [0.15, 0.2) is 5.16 Å². The maximum absolute atomic E-state index is 13.8. The molecule has 0 spiro atoms. The molecule has 1 atom stereocenters. The molecule has 3 heterocycles. The van der Waals surface area contributed by atoms with Gasteiger partial charge >= 0.3 is 0 Å². The van der Waals surface area contributed by atoms with E-state index in [4.69, 9.17) is 4.98 Å². The Hall–Kier alpha value is -1.70. The van der Waals surface area contributed by atoms with Crippen LogP contribution < -0.4 is 10.5 Å². The average Bonchev–Trinajstić information content (AvgIpc) is 3.02. The Bertz CT molecular complexity index is 1030. The standard InChI is InChI=1S/C19H20FN3OS2/c1-3-23-9-8-13-15(10-23)26-17-16(13)18(24)22(2)19(21-17)25-11-12-6-4-5-7-14(12)20/h4-7H,3,8-11H2,1-2H3/p+1. The quantitative estimate of drug-likeness (QED) is 0.549. The molecule has 1 N–H and O–H groups in total. The highest BCUT2D eigenvalue weighted by atomic mass is 32.2. The van der Waals surface area contributed by atoms with E-state index in [0.29, 0.717) is 16.5 Å². The van der Waals surface area contributed by atoms with Crippen molar-refractivity contribution in [2.75, 3.05) is 13.1 Å². The zero-order valence-corrected chi connectivity index (χ0v) is 16.5. The number of rotatable bonds is 4. The number of thiophene rings is 1. The molecule has 0 amide bonds. The molecule has 136 valence electrons. The molecule has 1 aromatic carbocycles. The average molecular weight is 391 g/mol. The minimum Gasteiger partial charge on any atom is -0.330 e. The molecular weight excluding hydrogens is 369 g/mol. The summed E-state index contributed by atoms with van der Waals surface area (Å²) in [4.78, 5) is 21.4. The summed E-state index contributed by atoms with van der Waals surface area (Å²) in [6.45, 7) is 5.35. The molecule has 4 nitrogen and oxygen atoms in total. The fraction of sp³-hybridized carbons (Fsp3) is 0.368. The third-order valence-electron chi connectivity index (χ3n) is 5.03. The monoisotopic (exact) mass is 390 g/mol. The van der Waals surface area contributed by atoms with Gasteiger partial charge < -0.3 is 4.90 Å². The molecule has 0 aliphatic carbocycles. The highest BCUT2D eigenvalue weighted by Gasteiger charge is 2.26. The first kappa shape index (κ1) is 17.7. The number of likely N-dealkylation sites (N-methyl/N-ethyl adjacent to an activating group) is 1.